The van der Waals surface area contributed by atoms with Gasteiger partial charge in [0.2, 0.25) is 0 Å². The van der Waals surface area contributed by atoms with E-state index in [1.807, 2.05) is 48.7 Å². The average Bonchev–Trinajstić information content (AvgIpc) is 3.14. The Morgan fingerprint density at radius 2 is 1.88 bits per heavy atom. The van der Waals surface area contributed by atoms with Crippen LogP contribution < -0.4 is 4.90 Å². The van der Waals surface area contributed by atoms with E-state index in [-0.39, 0.29) is 11.9 Å². The molecule has 1 saturated heterocycles. The molecule has 1 aliphatic rings. The third-order valence-corrected chi connectivity index (χ3v) is 6.24. The lowest BCUT2D eigenvalue weighted by Crippen LogP contribution is -2.31. The normalized spacial score (nSPS) is 17.8. The van der Waals surface area contributed by atoms with Crippen molar-refractivity contribution in [2.45, 2.75) is 10.4 Å². The molecule has 7 heteroatoms. The number of thioether (sulfide) groups is 1. The summed E-state index contributed by atoms with van der Waals surface area (Å²) in [5.41, 5.74) is 2.28. The number of imide groups is 1. The van der Waals surface area contributed by atoms with Gasteiger partial charge in [-0.2, -0.15) is 0 Å². The number of amides is 3. The van der Waals surface area contributed by atoms with Gasteiger partial charge >= 0.3 is 6.03 Å². The predicted molar refractivity (Wildman–Crippen MR) is 101 cm³/mol. The van der Waals surface area contributed by atoms with Gasteiger partial charge in [0.05, 0.1) is 15.9 Å². The van der Waals surface area contributed by atoms with Gasteiger partial charge < -0.3 is 4.90 Å². The summed E-state index contributed by atoms with van der Waals surface area (Å²) in [6, 6.07) is 14.0. The highest BCUT2D eigenvalue weighted by molar-refractivity contribution is 8.00. The Morgan fingerprint density at radius 1 is 1.12 bits per heavy atom. The van der Waals surface area contributed by atoms with E-state index in [1.165, 1.54) is 9.80 Å². The fourth-order valence-electron chi connectivity index (χ4n) is 3.01. The van der Waals surface area contributed by atoms with Crippen LogP contribution in [0.15, 0.2) is 52.9 Å². The summed E-state index contributed by atoms with van der Waals surface area (Å²) in [5, 5.41) is 0. The van der Waals surface area contributed by atoms with Crippen molar-refractivity contribution < 1.29 is 9.59 Å². The quantitative estimate of drug-likeness (QED) is 0.514. The number of nitrogens with zero attached hydrogens (tertiary/aromatic N) is 3. The number of anilines is 1. The Hall–Kier alpha value is -2.38. The Kier molecular flexibility index (Phi) is 3.97. The van der Waals surface area contributed by atoms with Gasteiger partial charge in [0, 0.05) is 7.05 Å². The molecule has 1 aromatic heterocycles. The molecule has 4 rings (SSSR count). The summed E-state index contributed by atoms with van der Waals surface area (Å²) in [5.74, 6) is -0.229. The van der Waals surface area contributed by atoms with Crippen LogP contribution in [0.2, 0.25) is 0 Å². The second kappa shape index (κ2) is 6.16. The van der Waals surface area contributed by atoms with Gasteiger partial charge in [-0.05, 0) is 30.0 Å². The van der Waals surface area contributed by atoms with E-state index in [1.54, 1.807) is 36.2 Å². The number of benzene rings is 2. The van der Waals surface area contributed by atoms with E-state index in [9.17, 15) is 9.59 Å². The third kappa shape index (κ3) is 2.60. The Morgan fingerprint density at radius 3 is 2.60 bits per heavy atom. The molecule has 25 heavy (non-hydrogen) atoms. The first kappa shape index (κ1) is 16.1. The zero-order valence-corrected chi connectivity index (χ0v) is 15.3. The molecule has 126 valence electrons. The second-order valence-corrected chi connectivity index (χ2v) is 7.80. The van der Waals surface area contributed by atoms with Crippen LogP contribution in [-0.2, 0) is 4.79 Å². The van der Waals surface area contributed by atoms with Crippen LogP contribution in [0.4, 0.5) is 10.5 Å². The topological polar surface area (TPSA) is 53.5 Å². The van der Waals surface area contributed by atoms with Crippen molar-refractivity contribution in [3.05, 3.63) is 54.1 Å². The van der Waals surface area contributed by atoms with E-state index in [0.29, 0.717) is 5.69 Å². The minimum absolute atomic E-state index is 0.229. The van der Waals surface area contributed by atoms with Crippen LogP contribution in [0.25, 0.3) is 10.2 Å². The molecule has 0 spiro atoms. The molecule has 2 heterocycles. The number of aromatic nitrogens is 1. The highest BCUT2D eigenvalue weighted by Gasteiger charge is 2.44. The molecule has 1 atom stereocenters. The summed E-state index contributed by atoms with van der Waals surface area (Å²) in [6.07, 6.45) is 1.98. The molecule has 0 saturated carbocycles. The van der Waals surface area contributed by atoms with Crippen LogP contribution in [0.3, 0.4) is 0 Å². The molecule has 1 aliphatic heterocycles. The van der Waals surface area contributed by atoms with Crippen molar-refractivity contribution >= 4 is 50.9 Å². The first-order valence-electron chi connectivity index (χ1n) is 7.70. The van der Waals surface area contributed by atoms with Crippen molar-refractivity contribution in [3.8, 4) is 0 Å². The number of carbonyl (C=O) groups excluding carboxylic acids is 2. The predicted octanol–water partition coefficient (Wildman–Crippen LogP) is 4.16. The van der Waals surface area contributed by atoms with Crippen LogP contribution in [0.1, 0.15) is 11.6 Å². The van der Waals surface area contributed by atoms with E-state index >= 15 is 0 Å². The lowest BCUT2D eigenvalue weighted by molar-refractivity contribution is -0.119. The molecule has 1 fully saturated rings. The lowest BCUT2D eigenvalue weighted by Gasteiger charge is -2.15. The van der Waals surface area contributed by atoms with Gasteiger partial charge in [0.15, 0.2) is 4.34 Å². The smallest absolute Gasteiger partial charge is 0.311 e. The standard InChI is InChI=1S/C18H15N3O2S2/c1-20-15(11-6-4-3-5-7-11)16(22)21(18(20)23)12-8-9-13-14(10-12)25-17(19-13)24-2/h3-10,15H,1-2H3. The van der Waals surface area contributed by atoms with Crippen LogP contribution in [-0.4, -0.2) is 35.1 Å². The maximum Gasteiger partial charge on any atom is 0.332 e. The highest BCUT2D eigenvalue weighted by atomic mass is 32.2. The number of likely N-dealkylation sites (N-methyl/N-ethyl adjacent to an activating group) is 1. The zero-order chi connectivity index (χ0) is 17.6. The highest BCUT2D eigenvalue weighted by Crippen LogP contribution is 2.36. The van der Waals surface area contributed by atoms with Crippen molar-refractivity contribution in [1.29, 1.82) is 0 Å². The summed E-state index contributed by atoms with van der Waals surface area (Å²) >= 11 is 3.14. The van der Waals surface area contributed by atoms with Gasteiger partial charge in [0.25, 0.3) is 5.91 Å². The maximum atomic E-state index is 13.0. The van der Waals surface area contributed by atoms with E-state index in [2.05, 4.69) is 4.98 Å². The maximum absolute atomic E-state index is 13.0. The fraction of sp³-hybridized carbons (Fsp3) is 0.167. The average molecular weight is 369 g/mol. The summed E-state index contributed by atoms with van der Waals surface area (Å²) in [6.45, 7) is 0. The number of hydrogen-bond donors (Lipinski definition) is 0. The van der Waals surface area contributed by atoms with Crippen molar-refractivity contribution in [2.75, 3.05) is 18.2 Å². The molecule has 0 N–H and O–H groups in total. The van der Waals surface area contributed by atoms with Gasteiger partial charge in [-0.1, -0.05) is 42.1 Å². The van der Waals surface area contributed by atoms with Crippen molar-refractivity contribution in [2.24, 2.45) is 0 Å². The summed E-state index contributed by atoms with van der Waals surface area (Å²) < 4.78 is 1.93. The number of urea groups is 1. The minimum Gasteiger partial charge on any atom is -0.311 e. The first-order valence-corrected chi connectivity index (χ1v) is 9.74. The van der Waals surface area contributed by atoms with E-state index < -0.39 is 6.04 Å². The number of fused-ring (bicyclic) bond motifs is 1. The van der Waals surface area contributed by atoms with Gasteiger partial charge in [-0.3, -0.25) is 4.79 Å². The monoisotopic (exact) mass is 369 g/mol. The molecular weight excluding hydrogens is 354 g/mol. The Bertz CT molecular complexity index is 971. The molecule has 0 bridgehead atoms. The lowest BCUT2D eigenvalue weighted by atomic mass is 10.1. The number of rotatable bonds is 3. The van der Waals surface area contributed by atoms with Crippen LogP contribution >= 0.6 is 23.1 Å². The molecule has 1 unspecified atom stereocenters. The zero-order valence-electron chi connectivity index (χ0n) is 13.7. The molecular formula is C18H15N3O2S2. The number of thiazole rings is 1. The van der Waals surface area contributed by atoms with Gasteiger partial charge in [-0.25, -0.2) is 14.7 Å². The minimum atomic E-state index is -0.590. The third-order valence-electron chi connectivity index (χ3n) is 4.24. The van der Waals surface area contributed by atoms with Crippen LogP contribution in [0, 0.1) is 0 Å². The summed E-state index contributed by atoms with van der Waals surface area (Å²) in [7, 11) is 1.66. The number of hydrogen-bond acceptors (Lipinski definition) is 5. The largest absolute Gasteiger partial charge is 0.332 e. The SMILES string of the molecule is CSc1nc2ccc(N3C(=O)C(c4ccccc4)N(C)C3=O)cc2s1. The molecule has 3 amide bonds. The van der Waals surface area contributed by atoms with Gasteiger partial charge in [-0.15, -0.1) is 11.3 Å². The fourth-order valence-corrected chi connectivity index (χ4v) is 4.53. The number of carbonyl (C=O) groups is 2. The second-order valence-electron chi connectivity index (χ2n) is 5.72. The van der Waals surface area contributed by atoms with Crippen molar-refractivity contribution in [1.82, 2.24) is 9.88 Å². The molecule has 5 nitrogen and oxygen atoms in total. The molecule has 0 aliphatic carbocycles. The van der Waals surface area contributed by atoms with Crippen molar-refractivity contribution in [3.63, 3.8) is 0 Å². The van der Waals surface area contributed by atoms with E-state index in [0.717, 1.165) is 20.1 Å². The van der Waals surface area contributed by atoms with Crippen LogP contribution in [0.5, 0.6) is 0 Å². The van der Waals surface area contributed by atoms with E-state index in [4.69, 9.17) is 0 Å². The summed E-state index contributed by atoms with van der Waals surface area (Å²) in [4.78, 5) is 32.9. The Balaban J connectivity index is 1.75. The Labute approximate surface area is 153 Å². The molecule has 0 radical (unpaired) electrons. The first-order chi connectivity index (χ1) is 12.1. The molecule has 2 aromatic carbocycles. The van der Waals surface area contributed by atoms with Gasteiger partial charge in [0.1, 0.15) is 6.04 Å². The molecule has 3 aromatic rings.